The first kappa shape index (κ1) is 9.68. The normalized spacial score (nSPS) is 27.4. The third kappa shape index (κ3) is 2.84. The fourth-order valence-corrected chi connectivity index (χ4v) is 1.03. The van der Waals surface area contributed by atoms with Crippen LogP contribution in [0.4, 0.5) is 0 Å². The average Bonchev–Trinajstić information content (AvgIpc) is 2.51. The number of hydrogen-bond donors (Lipinski definition) is 0. The summed E-state index contributed by atoms with van der Waals surface area (Å²) in [6, 6.07) is 2.10. The van der Waals surface area contributed by atoms with E-state index in [9.17, 15) is 4.79 Å². The molecule has 5 heteroatoms. The Bertz CT molecular complexity index is 257. The molecule has 1 saturated heterocycles. The molecule has 0 N–H and O–H groups in total. The number of hydrogen-bond acceptors (Lipinski definition) is 5. The van der Waals surface area contributed by atoms with Crippen LogP contribution in [0.25, 0.3) is 0 Å². The predicted octanol–water partition coefficient (Wildman–Crippen LogP) is 0.321. The first-order valence-corrected chi connectivity index (χ1v) is 3.92. The second-order valence-corrected chi connectivity index (χ2v) is 2.77. The maximum atomic E-state index is 10.3. The van der Waals surface area contributed by atoms with Crippen molar-refractivity contribution in [3.05, 3.63) is 0 Å². The summed E-state index contributed by atoms with van der Waals surface area (Å²) < 4.78 is 5.06. The van der Waals surface area contributed by atoms with Gasteiger partial charge in [0.25, 0.3) is 0 Å². The molecule has 1 aliphatic rings. The molecule has 2 atom stereocenters. The zero-order chi connectivity index (χ0) is 9.68. The van der Waals surface area contributed by atoms with Crippen LogP contribution in [0.1, 0.15) is 6.92 Å². The van der Waals surface area contributed by atoms with Crippen molar-refractivity contribution in [2.45, 2.75) is 6.92 Å². The van der Waals surface area contributed by atoms with Crippen LogP contribution in [0.2, 0.25) is 0 Å². The van der Waals surface area contributed by atoms with E-state index in [2.05, 4.69) is 16.1 Å². The molecule has 1 heterocycles. The summed E-state index contributed by atoms with van der Waals surface area (Å²) in [7, 11) is 0. The summed E-state index contributed by atoms with van der Waals surface area (Å²) in [6.07, 6.45) is 1.45. The molecule has 0 radical (unpaired) electrons. The minimum atomic E-state index is -0.469. The maximum Gasteiger partial charge on any atom is 0.331 e. The second-order valence-electron chi connectivity index (χ2n) is 2.77. The van der Waals surface area contributed by atoms with Crippen LogP contribution in [0.15, 0.2) is 5.16 Å². The van der Waals surface area contributed by atoms with Crippen molar-refractivity contribution in [3.63, 3.8) is 0 Å². The van der Waals surface area contributed by atoms with Crippen LogP contribution in [-0.4, -0.2) is 25.4 Å². The Balaban J connectivity index is 2.40. The Labute approximate surface area is 75.9 Å². The molecule has 0 aromatic carbocycles. The van der Waals surface area contributed by atoms with E-state index in [1.165, 1.54) is 13.1 Å². The van der Waals surface area contributed by atoms with Crippen molar-refractivity contribution in [1.82, 2.24) is 0 Å². The lowest BCUT2D eigenvalue weighted by molar-refractivity contribution is -0.140. The number of oxime groups is 1. The van der Waals surface area contributed by atoms with Gasteiger partial charge in [0.05, 0.1) is 31.4 Å². The highest BCUT2D eigenvalue weighted by atomic mass is 16.7. The van der Waals surface area contributed by atoms with Crippen LogP contribution < -0.4 is 0 Å². The zero-order valence-corrected chi connectivity index (χ0v) is 7.27. The number of rotatable bonds is 2. The Morgan fingerprint density at radius 1 is 1.77 bits per heavy atom. The molecule has 0 saturated carbocycles. The van der Waals surface area contributed by atoms with Gasteiger partial charge in [0, 0.05) is 12.8 Å². The lowest BCUT2D eigenvalue weighted by Crippen LogP contribution is -2.12. The molecular formula is C8H10N2O3. The van der Waals surface area contributed by atoms with E-state index in [4.69, 9.17) is 10.00 Å². The van der Waals surface area contributed by atoms with Gasteiger partial charge in [-0.15, -0.1) is 0 Å². The molecule has 1 fully saturated rings. The van der Waals surface area contributed by atoms with Gasteiger partial charge < -0.3 is 9.57 Å². The zero-order valence-electron chi connectivity index (χ0n) is 7.27. The minimum absolute atomic E-state index is 0.0654. The fraction of sp³-hybridized carbons (Fsp3) is 0.625. The van der Waals surface area contributed by atoms with Gasteiger partial charge in [-0.3, -0.25) is 0 Å². The van der Waals surface area contributed by atoms with Gasteiger partial charge in [-0.1, -0.05) is 5.16 Å². The monoisotopic (exact) mass is 182 g/mol. The Morgan fingerprint density at radius 2 is 2.54 bits per heavy atom. The van der Waals surface area contributed by atoms with Crippen LogP contribution in [0.5, 0.6) is 0 Å². The van der Waals surface area contributed by atoms with Gasteiger partial charge in [0.1, 0.15) is 0 Å². The van der Waals surface area contributed by atoms with E-state index >= 15 is 0 Å². The Morgan fingerprint density at radius 3 is 3.15 bits per heavy atom. The first-order valence-electron chi connectivity index (χ1n) is 3.92. The third-order valence-corrected chi connectivity index (χ3v) is 1.72. The van der Waals surface area contributed by atoms with Crippen molar-refractivity contribution in [3.8, 4) is 6.07 Å². The molecular weight excluding hydrogens is 172 g/mol. The molecule has 0 aromatic heterocycles. The van der Waals surface area contributed by atoms with E-state index in [1.54, 1.807) is 0 Å². The van der Waals surface area contributed by atoms with Crippen LogP contribution in [-0.2, 0) is 14.4 Å². The molecule has 0 bridgehead atoms. The predicted molar refractivity (Wildman–Crippen MR) is 43.7 cm³/mol. The topological polar surface area (TPSA) is 71.7 Å². The number of nitriles is 1. The second kappa shape index (κ2) is 4.58. The van der Waals surface area contributed by atoms with Crippen LogP contribution in [0, 0.1) is 23.2 Å². The molecule has 1 rings (SSSR count). The highest BCUT2D eigenvalue weighted by Crippen LogP contribution is 2.17. The quantitative estimate of drug-likeness (QED) is 0.350. The molecule has 13 heavy (non-hydrogen) atoms. The van der Waals surface area contributed by atoms with E-state index in [-0.39, 0.29) is 11.8 Å². The first-order chi connectivity index (χ1) is 6.24. The van der Waals surface area contributed by atoms with Crippen molar-refractivity contribution < 1.29 is 14.4 Å². The Kier molecular flexibility index (Phi) is 3.41. The lowest BCUT2D eigenvalue weighted by Gasteiger charge is -2.01. The van der Waals surface area contributed by atoms with Crippen LogP contribution in [0.3, 0.4) is 0 Å². The lowest BCUT2D eigenvalue weighted by atomic mass is 9.99. The number of nitrogens with zero attached hydrogens (tertiary/aromatic N) is 2. The van der Waals surface area contributed by atoms with Crippen molar-refractivity contribution in [2.75, 3.05) is 13.2 Å². The van der Waals surface area contributed by atoms with Gasteiger partial charge >= 0.3 is 5.97 Å². The van der Waals surface area contributed by atoms with Crippen molar-refractivity contribution >= 4 is 12.2 Å². The summed E-state index contributed by atoms with van der Waals surface area (Å²) in [6.45, 7) is 2.15. The summed E-state index contributed by atoms with van der Waals surface area (Å²) in [5.74, 6) is -0.715. The van der Waals surface area contributed by atoms with Gasteiger partial charge in [-0.25, -0.2) is 4.79 Å². The molecule has 0 aliphatic carbocycles. The highest BCUT2D eigenvalue weighted by molar-refractivity contribution is 5.68. The van der Waals surface area contributed by atoms with Gasteiger partial charge in [0.2, 0.25) is 0 Å². The van der Waals surface area contributed by atoms with E-state index in [0.717, 1.165) is 0 Å². The highest BCUT2D eigenvalue weighted by Gasteiger charge is 2.26. The number of ether oxygens (including phenoxy) is 1. The average molecular weight is 182 g/mol. The van der Waals surface area contributed by atoms with E-state index in [1.807, 2.05) is 0 Å². The van der Waals surface area contributed by atoms with Gasteiger partial charge in [0.15, 0.2) is 0 Å². The summed E-state index contributed by atoms with van der Waals surface area (Å²) in [5.41, 5.74) is 0. The molecule has 0 spiro atoms. The molecule has 1 aliphatic heterocycles. The standard InChI is InChI=1S/C8H10N2O3/c1-6(11)13-10-3-8-5-12-4-7(8)2-9/h3,7-8H,4-5H2,1H3. The minimum Gasteiger partial charge on any atom is -0.379 e. The van der Waals surface area contributed by atoms with Gasteiger partial charge in [-0.05, 0) is 0 Å². The third-order valence-electron chi connectivity index (χ3n) is 1.72. The molecule has 2 unspecified atom stereocenters. The maximum absolute atomic E-state index is 10.3. The number of carbonyl (C=O) groups excluding carboxylic acids is 1. The summed E-state index contributed by atoms with van der Waals surface area (Å²) >= 11 is 0. The Hall–Kier alpha value is -1.41. The van der Waals surface area contributed by atoms with Crippen LogP contribution >= 0.6 is 0 Å². The van der Waals surface area contributed by atoms with E-state index < -0.39 is 5.97 Å². The van der Waals surface area contributed by atoms with Crippen molar-refractivity contribution in [2.24, 2.45) is 17.0 Å². The van der Waals surface area contributed by atoms with Crippen molar-refractivity contribution in [1.29, 1.82) is 5.26 Å². The number of carbonyl (C=O) groups is 1. The molecule has 0 aromatic rings. The van der Waals surface area contributed by atoms with Gasteiger partial charge in [-0.2, -0.15) is 5.26 Å². The summed E-state index contributed by atoms with van der Waals surface area (Å²) in [4.78, 5) is 14.7. The largest absolute Gasteiger partial charge is 0.379 e. The van der Waals surface area contributed by atoms with E-state index in [0.29, 0.717) is 13.2 Å². The fourth-order valence-electron chi connectivity index (χ4n) is 1.03. The smallest absolute Gasteiger partial charge is 0.331 e. The summed E-state index contributed by atoms with van der Waals surface area (Å²) in [5, 5.41) is 12.1. The molecule has 70 valence electrons. The molecule has 0 amide bonds. The SMILES string of the molecule is CC(=O)ON=CC1COCC1C#N. The molecule has 5 nitrogen and oxygen atoms in total.